The molecule has 0 unspecified atom stereocenters. The van der Waals surface area contributed by atoms with Crippen molar-refractivity contribution in [3.05, 3.63) is 64.3 Å². The molecule has 1 amide bonds. The van der Waals surface area contributed by atoms with Crippen molar-refractivity contribution in [2.45, 2.75) is 13.5 Å². The van der Waals surface area contributed by atoms with Crippen LogP contribution in [0.4, 0.5) is 10.2 Å². The van der Waals surface area contributed by atoms with E-state index < -0.39 is 5.91 Å². The first kappa shape index (κ1) is 15.2. The monoisotopic (exact) mass is 333 g/mol. The molecular formula is C15H13ClFN5O. The molecule has 3 rings (SSSR count). The van der Waals surface area contributed by atoms with Gasteiger partial charge in [0, 0.05) is 17.3 Å². The topological polar surface area (TPSA) is 75.6 Å². The Bertz CT molecular complexity index is 857. The second-order valence-electron chi connectivity index (χ2n) is 4.97. The van der Waals surface area contributed by atoms with Crippen LogP contribution in [-0.4, -0.2) is 25.9 Å². The van der Waals surface area contributed by atoms with Crippen LogP contribution in [0.1, 0.15) is 21.7 Å². The maximum Gasteiger partial charge on any atom is 0.276 e. The van der Waals surface area contributed by atoms with Crippen molar-refractivity contribution in [3.8, 4) is 0 Å². The summed E-state index contributed by atoms with van der Waals surface area (Å²) in [6.07, 6.45) is 1.35. The number of hydrogen-bond acceptors (Lipinski definition) is 3. The Morgan fingerprint density at radius 1 is 1.43 bits per heavy atom. The summed E-state index contributed by atoms with van der Waals surface area (Å²) in [5, 5.41) is 13.3. The van der Waals surface area contributed by atoms with Crippen LogP contribution in [0.15, 0.2) is 36.5 Å². The molecule has 8 heteroatoms. The molecule has 0 aliphatic rings. The van der Waals surface area contributed by atoms with Gasteiger partial charge in [0.15, 0.2) is 5.82 Å². The molecule has 0 fully saturated rings. The highest BCUT2D eigenvalue weighted by molar-refractivity contribution is 6.34. The van der Waals surface area contributed by atoms with Crippen LogP contribution in [0.25, 0.3) is 0 Å². The number of carbonyl (C=O) groups is 1. The molecule has 3 aromatic rings. The third kappa shape index (κ3) is 3.24. The Balaban J connectivity index is 1.77. The van der Waals surface area contributed by atoms with Gasteiger partial charge >= 0.3 is 0 Å². The SMILES string of the molecule is Cc1cc(NC(=O)c2[nH]ncc2Cl)nn1Cc1ccccc1F. The highest BCUT2D eigenvalue weighted by Crippen LogP contribution is 2.16. The van der Waals surface area contributed by atoms with Crippen molar-refractivity contribution in [1.82, 2.24) is 20.0 Å². The molecule has 0 saturated heterocycles. The summed E-state index contributed by atoms with van der Waals surface area (Å²) in [7, 11) is 0. The predicted molar refractivity (Wildman–Crippen MR) is 84.0 cm³/mol. The van der Waals surface area contributed by atoms with Crippen LogP contribution in [0.2, 0.25) is 5.02 Å². The van der Waals surface area contributed by atoms with Gasteiger partial charge in [0.2, 0.25) is 0 Å². The fraction of sp³-hybridized carbons (Fsp3) is 0.133. The number of nitrogens with one attached hydrogen (secondary N) is 2. The van der Waals surface area contributed by atoms with Gasteiger partial charge in [0.05, 0.1) is 17.8 Å². The van der Waals surface area contributed by atoms with E-state index in [-0.39, 0.29) is 23.1 Å². The lowest BCUT2D eigenvalue weighted by Gasteiger charge is -2.05. The first-order valence-electron chi connectivity index (χ1n) is 6.82. The average molecular weight is 334 g/mol. The van der Waals surface area contributed by atoms with Gasteiger partial charge in [-0.15, -0.1) is 0 Å². The minimum absolute atomic E-state index is 0.160. The number of aromatic amines is 1. The van der Waals surface area contributed by atoms with Gasteiger partial charge in [-0.25, -0.2) is 4.39 Å². The minimum Gasteiger partial charge on any atom is -0.304 e. The third-order valence-electron chi connectivity index (χ3n) is 3.32. The van der Waals surface area contributed by atoms with Crippen LogP contribution in [0.3, 0.4) is 0 Å². The Hall–Kier alpha value is -2.67. The molecule has 2 heterocycles. The zero-order chi connectivity index (χ0) is 16.4. The predicted octanol–water partition coefficient (Wildman–Crippen LogP) is 3.01. The molecule has 2 N–H and O–H groups in total. The van der Waals surface area contributed by atoms with Gasteiger partial charge in [-0.3, -0.25) is 14.6 Å². The number of H-pyrrole nitrogens is 1. The number of amides is 1. The van der Waals surface area contributed by atoms with E-state index in [9.17, 15) is 9.18 Å². The first-order chi connectivity index (χ1) is 11.0. The number of nitrogens with zero attached hydrogens (tertiary/aromatic N) is 3. The van der Waals surface area contributed by atoms with E-state index in [2.05, 4.69) is 20.6 Å². The van der Waals surface area contributed by atoms with Gasteiger partial charge in [-0.05, 0) is 13.0 Å². The van der Waals surface area contributed by atoms with Gasteiger partial charge in [-0.2, -0.15) is 10.2 Å². The zero-order valence-electron chi connectivity index (χ0n) is 12.2. The number of anilines is 1. The minimum atomic E-state index is -0.442. The lowest BCUT2D eigenvalue weighted by atomic mass is 10.2. The summed E-state index contributed by atoms with van der Waals surface area (Å²) in [4.78, 5) is 12.1. The quantitative estimate of drug-likeness (QED) is 0.770. The van der Waals surface area contributed by atoms with Gasteiger partial charge in [0.1, 0.15) is 11.5 Å². The van der Waals surface area contributed by atoms with Crippen LogP contribution in [0.5, 0.6) is 0 Å². The molecule has 0 atom stereocenters. The van der Waals surface area contributed by atoms with Crippen LogP contribution in [0, 0.1) is 12.7 Å². The van der Waals surface area contributed by atoms with E-state index in [1.54, 1.807) is 28.9 Å². The van der Waals surface area contributed by atoms with E-state index >= 15 is 0 Å². The Morgan fingerprint density at radius 2 is 2.22 bits per heavy atom. The van der Waals surface area contributed by atoms with Crippen LogP contribution < -0.4 is 5.32 Å². The normalized spacial score (nSPS) is 10.7. The zero-order valence-corrected chi connectivity index (χ0v) is 12.9. The molecule has 0 spiro atoms. The van der Waals surface area contributed by atoms with Gasteiger partial charge in [-0.1, -0.05) is 29.8 Å². The first-order valence-corrected chi connectivity index (χ1v) is 7.20. The molecule has 0 bridgehead atoms. The summed E-state index contributed by atoms with van der Waals surface area (Å²) >= 11 is 5.84. The van der Waals surface area contributed by atoms with E-state index in [0.29, 0.717) is 11.4 Å². The number of halogens is 2. The second-order valence-corrected chi connectivity index (χ2v) is 5.37. The fourth-order valence-electron chi connectivity index (χ4n) is 2.13. The van der Waals surface area contributed by atoms with Gasteiger partial charge in [0.25, 0.3) is 5.91 Å². The molecule has 0 aliphatic heterocycles. The highest BCUT2D eigenvalue weighted by Gasteiger charge is 2.15. The summed E-state index contributed by atoms with van der Waals surface area (Å²) < 4.78 is 15.3. The van der Waals surface area contributed by atoms with E-state index in [0.717, 1.165) is 5.69 Å². The number of aromatic nitrogens is 4. The summed E-state index contributed by atoms with van der Waals surface area (Å²) in [5.74, 6) is -0.380. The van der Waals surface area contributed by atoms with Crippen LogP contribution >= 0.6 is 11.6 Å². The average Bonchev–Trinajstić information content (AvgIpc) is 3.08. The molecule has 23 heavy (non-hydrogen) atoms. The third-order valence-corrected chi connectivity index (χ3v) is 3.61. The summed E-state index contributed by atoms with van der Waals surface area (Å²) in [6.45, 7) is 2.10. The number of rotatable bonds is 4. The molecule has 0 radical (unpaired) electrons. The maximum atomic E-state index is 13.7. The standard InChI is InChI=1S/C15H13ClFN5O/c1-9-6-13(19-15(23)14-11(16)7-18-20-14)21-22(9)8-10-4-2-3-5-12(10)17/h2-7H,8H2,1H3,(H,18,20)(H,19,21,23). The van der Waals surface area contributed by atoms with Crippen molar-refractivity contribution in [3.63, 3.8) is 0 Å². The Labute approximate surface area is 136 Å². The number of benzene rings is 1. The smallest absolute Gasteiger partial charge is 0.276 e. The number of hydrogen-bond donors (Lipinski definition) is 2. The molecule has 0 saturated carbocycles. The molecule has 6 nitrogen and oxygen atoms in total. The number of aryl methyl sites for hydroxylation is 1. The van der Waals surface area contributed by atoms with Gasteiger partial charge < -0.3 is 5.32 Å². The summed E-state index contributed by atoms with van der Waals surface area (Å²) in [6, 6.07) is 8.19. The Kier molecular flexibility index (Phi) is 4.12. The number of carbonyl (C=O) groups excluding carboxylic acids is 1. The maximum absolute atomic E-state index is 13.7. The van der Waals surface area contributed by atoms with Crippen LogP contribution in [-0.2, 0) is 6.54 Å². The van der Waals surface area contributed by atoms with Crippen molar-refractivity contribution in [2.75, 3.05) is 5.32 Å². The second kappa shape index (κ2) is 6.21. The van der Waals surface area contributed by atoms with Crippen molar-refractivity contribution >= 4 is 23.3 Å². The molecule has 118 valence electrons. The summed E-state index contributed by atoms with van der Waals surface area (Å²) in [5.41, 5.74) is 1.47. The van der Waals surface area contributed by atoms with E-state index in [1.165, 1.54) is 12.3 Å². The van der Waals surface area contributed by atoms with E-state index in [4.69, 9.17) is 11.6 Å². The van der Waals surface area contributed by atoms with Crippen molar-refractivity contribution in [1.29, 1.82) is 0 Å². The molecule has 1 aromatic carbocycles. The Morgan fingerprint density at radius 3 is 2.91 bits per heavy atom. The van der Waals surface area contributed by atoms with E-state index in [1.807, 2.05) is 6.92 Å². The van der Waals surface area contributed by atoms with Crippen molar-refractivity contribution in [2.24, 2.45) is 0 Å². The molecule has 0 aliphatic carbocycles. The lowest BCUT2D eigenvalue weighted by Crippen LogP contribution is -2.14. The lowest BCUT2D eigenvalue weighted by molar-refractivity contribution is 0.102. The highest BCUT2D eigenvalue weighted by atomic mass is 35.5. The van der Waals surface area contributed by atoms with Crippen molar-refractivity contribution < 1.29 is 9.18 Å². The molecule has 2 aromatic heterocycles. The molecular weight excluding hydrogens is 321 g/mol. The fourth-order valence-corrected chi connectivity index (χ4v) is 2.31. The largest absolute Gasteiger partial charge is 0.304 e.